The van der Waals surface area contributed by atoms with E-state index in [4.69, 9.17) is 11.8 Å². The van der Waals surface area contributed by atoms with Crippen molar-refractivity contribution in [2.45, 2.75) is 13.3 Å². The highest BCUT2D eigenvalue weighted by Gasteiger charge is 1.86. The quantitative estimate of drug-likeness (QED) is 0.382. The fourth-order valence-corrected chi connectivity index (χ4v) is 0.427. The molecule has 0 bridgehead atoms. The zero-order valence-corrected chi connectivity index (χ0v) is 5.20. The molecule has 0 N–H and O–H groups in total. The Labute approximate surface area is 48.3 Å². The first-order valence-electron chi connectivity index (χ1n) is 2.07. The third kappa shape index (κ3) is 2.45. The topological polar surface area (TPSA) is 21.6 Å². The lowest BCUT2D eigenvalue weighted by Gasteiger charge is -1.94. The average Bonchev–Trinajstić information content (AvgIpc) is 1.72. The first-order chi connectivity index (χ1) is 3.35. The number of rotatable bonds is 1. The van der Waals surface area contributed by atoms with Gasteiger partial charge in [-0.1, -0.05) is 6.92 Å². The second-order valence-corrected chi connectivity index (χ2v) is 1.20. The van der Waals surface area contributed by atoms with Crippen LogP contribution in [0.2, 0.25) is 0 Å². The molecule has 42 valence electrons. The van der Waals surface area contributed by atoms with E-state index >= 15 is 0 Å². The van der Waals surface area contributed by atoms with Gasteiger partial charge in [-0.3, -0.25) is 0 Å². The number of ether oxygens (including phenoxy) is 1. The zero-order valence-electron chi connectivity index (χ0n) is 4.44. The van der Waals surface area contributed by atoms with Crippen LogP contribution in [0.3, 0.4) is 0 Å². The molecule has 0 amide bonds. The monoisotopic (exact) mass is 121 g/mol. The molecule has 0 atom stereocenters. The molecule has 2 nitrogen and oxygen atoms in total. The van der Waals surface area contributed by atoms with Gasteiger partial charge < -0.3 is 4.74 Å². The van der Waals surface area contributed by atoms with Crippen LogP contribution < -0.4 is 0 Å². The summed E-state index contributed by atoms with van der Waals surface area (Å²) in [6, 6.07) is 0. The van der Waals surface area contributed by atoms with Crippen LogP contribution in [0.5, 0.6) is 0 Å². The first-order valence-corrected chi connectivity index (χ1v) is 2.40. The normalized spacial score (nSPS) is 11.6. The van der Waals surface area contributed by atoms with Crippen LogP contribution in [0.1, 0.15) is 13.3 Å². The van der Waals surface area contributed by atoms with Gasteiger partial charge in [0.25, 0.3) is 0 Å². The summed E-state index contributed by atoms with van der Waals surface area (Å²) in [5.74, 6) is 0.571. The molecule has 7 heavy (non-hydrogen) atoms. The minimum absolute atomic E-state index is 0.571. The smallest absolute Gasteiger partial charge is 0.200 e. The summed E-state index contributed by atoms with van der Waals surface area (Å²) >= 11 is 5.03. The molecular weight excluding hydrogens is 114 g/mol. The van der Waals surface area contributed by atoms with Crippen molar-refractivity contribution in [3.8, 4) is 0 Å². The van der Waals surface area contributed by atoms with Gasteiger partial charge in [0, 0.05) is 18.2 Å². The van der Waals surface area contributed by atoms with Crippen molar-refractivity contribution in [3.05, 3.63) is 0 Å². The molecule has 0 aliphatic heterocycles. The number of methoxy groups -OCH3 is 1. The molecule has 0 fully saturated rings. The highest BCUT2D eigenvalue weighted by atomic mass is 35.5. The standard InChI is InChI=1S/C4H8ClNO/c1-3-4(6-5)7-2/h3H2,1-2H3/b6-4+. The minimum atomic E-state index is 0.571. The minimum Gasteiger partial charge on any atom is -0.483 e. The summed E-state index contributed by atoms with van der Waals surface area (Å²) in [4.78, 5) is 0. The van der Waals surface area contributed by atoms with Gasteiger partial charge in [0.1, 0.15) is 0 Å². The van der Waals surface area contributed by atoms with Gasteiger partial charge in [0.15, 0.2) is 5.90 Å². The maximum atomic E-state index is 5.03. The summed E-state index contributed by atoms with van der Waals surface area (Å²) in [7, 11) is 1.55. The zero-order chi connectivity index (χ0) is 5.70. The molecule has 0 rings (SSSR count). The van der Waals surface area contributed by atoms with Crippen molar-refractivity contribution in [3.63, 3.8) is 0 Å². The third-order valence-electron chi connectivity index (χ3n) is 0.632. The lowest BCUT2D eigenvalue weighted by atomic mass is 10.5. The van der Waals surface area contributed by atoms with Gasteiger partial charge in [-0.2, -0.15) is 0 Å². The molecule has 0 spiro atoms. The highest BCUT2D eigenvalue weighted by Crippen LogP contribution is 1.88. The molecular formula is C4H8ClNO. The molecule has 0 aliphatic carbocycles. The molecule has 0 aromatic carbocycles. The molecule has 0 heterocycles. The Balaban J connectivity index is 3.38. The fraction of sp³-hybridized carbons (Fsp3) is 0.750. The SMILES string of the molecule is CC/C(=N\Cl)OC. The van der Waals surface area contributed by atoms with Gasteiger partial charge in [-0.05, 0) is 0 Å². The molecule has 0 aromatic rings. The van der Waals surface area contributed by atoms with Gasteiger partial charge in [0.05, 0.1) is 7.11 Å². The maximum Gasteiger partial charge on any atom is 0.200 e. The van der Waals surface area contributed by atoms with E-state index in [9.17, 15) is 0 Å². The van der Waals surface area contributed by atoms with Crippen molar-refractivity contribution in [1.82, 2.24) is 0 Å². The van der Waals surface area contributed by atoms with E-state index in [1.54, 1.807) is 7.11 Å². The first kappa shape index (κ1) is 6.76. The molecule has 0 aliphatic rings. The second kappa shape index (κ2) is 3.93. The van der Waals surface area contributed by atoms with Crippen LogP contribution >= 0.6 is 11.8 Å². The van der Waals surface area contributed by atoms with E-state index in [2.05, 4.69) is 9.25 Å². The van der Waals surface area contributed by atoms with E-state index in [-0.39, 0.29) is 0 Å². The van der Waals surface area contributed by atoms with E-state index in [0.717, 1.165) is 6.42 Å². The molecule has 0 radical (unpaired) electrons. The average molecular weight is 122 g/mol. The van der Waals surface area contributed by atoms with E-state index < -0.39 is 0 Å². The Kier molecular flexibility index (Phi) is 3.80. The van der Waals surface area contributed by atoms with Gasteiger partial charge in [-0.25, -0.2) is 0 Å². The number of nitrogens with zero attached hydrogens (tertiary/aromatic N) is 1. The summed E-state index contributed by atoms with van der Waals surface area (Å²) in [6.07, 6.45) is 0.750. The largest absolute Gasteiger partial charge is 0.483 e. The van der Waals surface area contributed by atoms with Crippen LogP contribution in [0.15, 0.2) is 4.51 Å². The van der Waals surface area contributed by atoms with E-state index in [1.807, 2.05) is 6.92 Å². The van der Waals surface area contributed by atoms with E-state index in [0.29, 0.717) is 5.90 Å². The molecule has 0 aromatic heterocycles. The van der Waals surface area contributed by atoms with Crippen LogP contribution in [0, 0.1) is 0 Å². The highest BCUT2D eigenvalue weighted by molar-refractivity contribution is 6.19. The van der Waals surface area contributed by atoms with Crippen LogP contribution in [-0.2, 0) is 4.74 Å². The second-order valence-electron chi connectivity index (χ2n) is 1.04. The number of hydrogen-bond donors (Lipinski definition) is 0. The number of hydrogen-bond acceptors (Lipinski definition) is 2. The van der Waals surface area contributed by atoms with Crippen molar-refractivity contribution < 1.29 is 4.74 Å². The van der Waals surface area contributed by atoms with Gasteiger partial charge in [0.2, 0.25) is 0 Å². The lowest BCUT2D eigenvalue weighted by molar-refractivity contribution is 0.394. The van der Waals surface area contributed by atoms with Crippen LogP contribution in [0.25, 0.3) is 0 Å². The Hall–Kier alpha value is -0.240. The lowest BCUT2D eigenvalue weighted by Crippen LogP contribution is -1.95. The molecule has 0 saturated heterocycles. The van der Waals surface area contributed by atoms with Crippen LogP contribution in [-0.4, -0.2) is 13.0 Å². The maximum absolute atomic E-state index is 5.03. The van der Waals surface area contributed by atoms with Crippen molar-refractivity contribution >= 4 is 17.7 Å². The van der Waals surface area contributed by atoms with Crippen LogP contribution in [0.4, 0.5) is 0 Å². The third-order valence-corrected chi connectivity index (χ3v) is 0.821. The number of halogens is 1. The predicted octanol–water partition coefficient (Wildman–Crippen LogP) is 1.60. The molecule has 0 unspecified atom stereocenters. The summed E-state index contributed by atoms with van der Waals surface area (Å²) < 4.78 is 7.96. The van der Waals surface area contributed by atoms with Crippen molar-refractivity contribution in [2.75, 3.05) is 7.11 Å². The van der Waals surface area contributed by atoms with Crippen molar-refractivity contribution in [2.24, 2.45) is 4.51 Å². The Morgan fingerprint density at radius 1 is 1.86 bits per heavy atom. The summed E-state index contributed by atoms with van der Waals surface area (Å²) in [5.41, 5.74) is 0. The Morgan fingerprint density at radius 3 is 2.43 bits per heavy atom. The summed E-state index contributed by atoms with van der Waals surface area (Å²) in [5, 5.41) is 0. The van der Waals surface area contributed by atoms with E-state index in [1.165, 1.54) is 0 Å². The predicted molar refractivity (Wildman–Crippen MR) is 30.6 cm³/mol. The van der Waals surface area contributed by atoms with Crippen molar-refractivity contribution in [1.29, 1.82) is 0 Å². The fourth-order valence-electron chi connectivity index (χ4n) is 0.239. The van der Waals surface area contributed by atoms with Gasteiger partial charge in [-0.15, -0.1) is 4.51 Å². The molecule has 0 saturated carbocycles. The Bertz CT molecular complexity index is 66.1. The van der Waals surface area contributed by atoms with Gasteiger partial charge >= 0.3 is 0 Å². The molecule has 3 heteroatoms. The Morgan fingerprint density at radius 2 is 2.43 bits per heavy atom. The summed E-state index contributed by atoms with van der Waals surface area (Å²) in [6.45, 7) is 1.92.